The molecule has 92 valence electrons. The van der Waals surface area contributed by atoms with Crippen LogP contribution in [-0.4, -0.2) is 50.7 Å². The van der Waals surface area contributed by atoms with E-state index in [9.17, 15) is 5.11 Å². The molecule has 0 saturated carbocycles. The van der Waals surface area contributed by atoms with E-state index in [0.29, 0.717) is 13.2 Å². The van der Waals surface area contributed by atoms with Crippen molar-refractivity contribution in [1.82, 2.24) is 5.32 Å². The third-order valence-electron chi connectivity index (χ3n) is 1.95. The van der Waals surface area contributed by atoms with Crippen LogP contribution in [0.1, 0.15) is 26.7 Å². The summed E-state index contributed by atoms with van der Waals surface area (Å²) in [6.45, 7) is 6.65. The summed E-state index contributed by atoms with van der Waals surface area (Å²) in [6, 6.07) is 0. The highest BCUT2D eigenvalue weighted by atomic mass is 16.5. The largest absolute Gasteiger partial charge is 0.389 e. The molecule has 0 aliphatic carbocycles. The first-order valence-corrected chi connectivity index (χ1v) is 5.66. The summed E-state index contributed by atoms with van der Waals surface area (Å²) in [6.07, 6.45) is 1.91. The van der Waals surface area contributed by atoms with Crippen LogP contribution in [0.5, 0.6) is 0 Å². The lowest BCUT2D eigenvalue weighted by molar-refractivity contribution is 0.00643. The Morgan fingerprint density at radius 2 is 2.00 bits per heavy atom. The van der Waals surface area contributed by atoms with Crippen molar-refractivity contribution in [2.24, 2.45) is 0 Å². The molecule has 1 unspecified atom stereocenters. The molecular weight excluding hydrogens is 194 g/mol. The fraction of sp³-hybridized carbons (Fsp3) is 1.00. The van der Waals surface area contributed by atoms with E-state index in [2.05, 4.69) is 5.32 Å². The quantitative estimate of drug-likeness (QED) is 0.533. The molecule has 0 radical (unpaired) electrons. The zero-order chi connectivity index (χ0) is 11.5. The van der Waals surface area contributed by atoms with Crippen LogP contribution in [-0.2, 0) is 9.47 Å². The van der Waals surface area contributed by atoms with Crippen molar-refractivity contribution in [3.8, 4) is 0 Å². The Kier molecular flexibility index (Phi) is 10.3. The zero-order valence-corrected chi connectivity index (χ0v) is 10.2. The minimum absolute atomic E-state index is 0.182. The Bertz CT molecular complexity index is 131. The van der Waals surface area contributed by atoms with Crippen LogP contribution in [0.4, 0.5) is 0 Å². The zero-order valence-electron chi connectivity index (χ0n) is 10.2. The van der Waals surface area contributed by atoms with E-state index in [1.807, 2.05) is 13.8 Å². The highest BCUT2D eigenvalue weighted by Crippen LogP contribution is 1.91. The summed E-state index contributed by atoms with van der Waals surface area (Å²) in [7, 11) is 1.71. The van der Waals surface area contributed by atoms with Gasteiger partial charge in [0.1, 0.15) is 0 Å². The van der Waals surface area contributed by atoms with Gasteiger partial charge in [-0.3, -0.25) is 0 Å². The Balaban J connectivity index is 3.13. The molecule has 0 aromatic carbocycles. The molecule has 0 aliphatic heterocycles. The van der Waals surface area contributed by atoms with Crippen LogP contribution < -0.4 is 5.32 Å². The minimum atomic E-state index is -0.408. The maximum atomic E-state index is 9.49. The van der Waals surface area contributed by atoms with Crippen LogP contribution in [0, 0.1) is 0 Å². The van der Waals surface area contributed by atoms with E-state index in [1.165, 1.54) is 0 Å². The second-order valence-corrected chi connectivity index (χ2v) is 3.94. The molecule has 1 atom stereocenters. The van der Waals surface area contributed by atoms with Crippen molar-refractivity contribution >= 4 is 0 Å². The van der Waals surface area contributed by atoms with Gasteiger partial charge in [0.2, 0.25) is 0 Å². The summed E-state index contributed by atoms with van der Waals surface area (Å²) < 4.78 is 10.2. The fourth-order valence-electron chi connectivity index (χ4n) is 1.13. The van der Waals surface area contributed by atoms with Gasteiger partial charge in [0, 0.05) is 20.3 Å². The predicted molar refractivity (Wildman–Crippen MR) is 61.1 cm³/mol. The van der Waals surface area contributed by atoms with E-state index in [4.69, 9.17) is 9.47 Å². The van der Waals surface area contributed by atoms with Crippen molar-refractivity contribution in [2.75, 3.05) is 33.4 Å². The highest BCUT2D eigenvalue weighted by molar-refractivity contribution is 4.59. The topological polar surface area (TPSA) is 50.7 Å². The number of hydrogen-bond acceptors (Lipinski definition) is 4. The lowest BCUT2D eigenvalue weighted by Gasteiger charge is -2.14. The molecule has 0 bridgehead atoms. The number of ether oxygens (including phenoxy) is 2. The molecule has 15 heavy (non-hydrogen) atoms. The van der Waals surface area contributed by atoms with Crippen LogP contribution in [0.3, 0.4) is 0 Å². The predicted octanol–water partition coefficient (Wildman–Crippen LogP) is 0.788. The fourth-order valence-corrected chi connectivity index (χ4v) is 1.13. The van der Waals surface area contributed by atoms with E-state index in [0.717, 1.165) is 26.0 Å². The van der Waals surface area contributed by atoms with Gasteiger partial charge in [-0.15, -0.1) is 0 Å². The second-order valence-electron chi connectivity index (χ2n) is 3.94. The summed E-state index contributed by atoms with van der Waals surface area (Å²) >= 11 is 0. The SMILES string of the molecule is COCCCCNCC(O)COC(C)C. The Hall–Kier alpha value is -0.160. The normalized spacial score (nSPS) is 13.4. The van der Waals surface area contributed by atoms with Gasteiger partial charge in [-0.2, -0.15) is 0 Å². The maximum absolute atomic E-state index is 9.49. The van der Waals surface area contributed by atoms with E-state index >= 15 is 0 Å². The molecule has 0 aliphatic rings. The Morgan fingerprint density at radius 3 is 2.60 bits per heavy atom. The number of methoxy groups -OCH3 is 1. The molecule has 0 saturated heterocycles. The summed E-state index contributed by atoms with van der Waals surface area (Å²) in [5, 5.41) is 12.7. The first kappa shape index (κ1) is 14.8. The summed E-state index contributed by atoms with van der Waals surface area (Å²) in [5.74, 6) is 0. The van der Waals surface area contributed by atoms with Crippen LogP contribution >= 0.6 is 0 Å². The van der Waals surface area contributed by atoms with Crippen molar-refractivity contribution in [2.45, 2.75) is 38.9 Å². The van der Waals surface area contributed by atoms with Gasteiger partial charge in [0.25, 0.3) is 0 Å². The summed E-state index contributed by atoms with van der Waals surface area (Å²) in [4.78, 5) is 0. The van der Waals surface area contributed by atoms with Crippen LogP contribution in [0.15, 0.2) is 0 Å². The van der Waals surface area contributed by atoms with Gasteiger partial charge in [-0.25, -0.2) is 0 Å². The molecular formula is C11H25NO3. The lowest BCUT2D eigenvalue weighted by Crippen LogP contribution is -2.31. The van der Waals surface area contributed by atoms with Crippen molar-refractivity contribution in [3.05, 3.63) is 0 Å². The number of aliphatic hydroxyl groups excluding tert-OH is 1. The molecule has 0 aromatic rings. The molecule has 4 nitrogen and oxygen atoms in total. The van der Waals surface area contributed by atoms with Crippen LogP contribution in [0.25, 0.3) is 0 Å². The Morgan fingerprint density at radius 1 is 1.27 bits per heavy atom. The van der Waals surface area contributed by atoms with E-state index < -0.39 is 6.10 Å². The van der Waals surface area contributed by atoms with Gasteiger partial charge in [-0.05, 0) is 33.2 Å². The van der Waals surface area contributed by atoms with Gasteiger partial charge < -0.3 is 19.9 Å². The standard InChI is InChI=1S/C11H25NO3/c1-10(2)15-9-11(13)8-12-6-4-5-7-14-3/h10-13H,4-9H2,1-3H3. The number of aliphatic hydroxyl groups is 1. The van der Waals surface area contributed by atoms with E-state index in [-0.39, 0.29) is 6.10 Å². The molecule has 0 rings (SSSR count). The molecule has 0 fully saturated rings. The smallest absolute Gasteiger partial charge is 0.0897 e. The summed E-state index contributed by atoms with van der Waals surface area (Å²) in [5.41, 5.74) is 0. The monoisotopic (exact) mass is 219 g/mol. The van der Waals surface area contributed by atoms with Gasteiger partial charge >= 0.3 is 0 Å². The highest BCUT2D eigenvalue weighted by Gasteiger charge is 2.04. The second kappa shape index (κ2) is 10.4. The maximum Gasteiger partial charge on any atom is 0.0897 e. The molecule has 4 heteroatoms. The molecule has 0 aromatic heterocycles. The molecule has 0 amide bonds. The Labute approximate surface area is 93.0 Å². The minimum Gasteiger partial charge on any atom is -0.389 e. The lowest BCUT2D eigenvalue weighted by atomic mass is 10.3. The van der Waals surface area contributed by atoms with Crippen LogP contribution in [0.2, 0.25) is 0 Å². The first-order chi connectivity index (χ1) is 7.16. The molecule has 2 N–H and O–H groups in total. The third-order valence-corrected chi connectivity index (χ3v) is 1.95. The van der Waals surface area contributed by atoms with Crippen molar-refractivity contribution < 1.29 is 14.6 Å². The third kappa shape index (κ3) is 11.8. The van der Waals surface area contributed by atoms with Crippen molar-refractivity contribution in [3.63, 3.8) is 0 Å². The number of hydrogen-bond donors (Lipinski definition) is 2. The van der Waals surface area contributed by atoms with Crippen molar-refractivity contribution in [1.29, 1.82) is 0 Å². The average molecular weight is 219 g/mol. The molecule has 0 heterocycles. The molecule has 0 spiro atoms. The van der Waals surface area contributed by atoms with Gasteiger partial charge in [0.05, 0.1) is 18.8 Å². The van der Waals surface area contributed by atoms with E-state index in [1.54, 1.807) is 7.11 Å². The number of rotatable bonds is 10. The number of nitrogens with one attached hydrogen (secondary N) is 1. The first-order valence-electron chi connectivity index (χ1n) is 5.66. The van der Waals surface area contributed by atoms with Gasteiger partial charge in [-0.1, -0.05) is 0 Å². The average Bonchev–Trinajstić information content (AvgIpc) is 2.20. The van der Waals surface area contributed by atoms with Gasteiger partial charge in [0.15, 0.2) is 0 Å². The number of unbranched alkanes of at least 4 members (excludes halogenated alkanes) is 1.